The topological polar surface area (TPSA) is 34.1 Å². The van der Waals surface area contributed by atoms with Crippen LogP contribution in [0.15, 0.2) is 42.7 Å². The Balaban J connectivity index is 1.76. The minimum Gasteiger partial charge on any atom is -0.492 e. The van der Waals surface area contributed by atoms with Crippen molar-refractivity contribution in [3.8, 4) is 5.75 Å². The Morgan fingerprint density at radius 2 is 2.00 bits per heavy atom. The van der Waals surface area contributed by atoms with Crippen LogP contribution >= 0.6 is 11.6 Å². The van der Waals surface area contributed by atoms with E-state index in [1.807, 2.05) is 30.3 Å². The average Bonchev–Trinajstić information content (AvgIpc) is 2.39. The first-order chi connectivity index (χ1) is 8.75. The lowest BCUT2D eigenvalue weighted by Crippen LogP contribution is -2.11. The molecule has 0 unspecified atom stereocenters. The zero-order valence-corrected chi connectivity index (χ0v) is 10.9. The number of aromatic nitrogens is 1. The summed E-state index contributed by atoms with van der Waals surface area (Å²) in [7, 11) is 0. The standard InChI is InChI=1S/C14H15ClN2O/c1-11-2-4-12(5-3-11)18-9-8-17-14-6-7-16-10-13(14)15/h2-7,10H,8-9H2,1H3,(H,16,17). The number of nitrogens with one attached hydrogen (secondary N) is 1. The first-order valence-corrected chi connectivity index (χ1v) is 6.16. The lowest BCUT2D eigenvalue weighted by atomic mass is 10.2. The third-order valence-corrected chi connectivity index (χ3v) is 2.78. The van der Waals surface area contributed by atoms with Gasteiger partial charge < -0.3 is 10.1 Å². The highest BCUT2D eigenvalue weighted by Crippen LogP contribution is 2.18. The van der Waals surface area contributed by atoms with Crippen LogP contribution in [0.4, 0.5) is 5.69 Å². The van der Waals surface area contributed by atoms with Crippen LogP contribution in [0.3, 0.4) is 0 Å². The monoisotopic (exact) mass is 262 g/mol. The summed E-state index contributed by atoms with van der Waals surface area (Å²) in [4.78, 5) is 3.93. The van der Waals surface area contributed by atoms with E-state index < -0.39 is 0 Å². The molecule has 0 fully saturated rings. The number of nitrogens with zero attached hydrogens (tertiary/aromatic N) is 1. The van der Waals surface area contributed by atoms with Crippen LogP contribution in [0.1, 0.15) is 5.56 Å². The van der Waals surface area contributed by atoms with Gasteiger partial charge in [0, 0.05) is 18.9 Å². The minimum absolute atomic E-state index is 0.585. The molecular formula is C14H15ClN2O. The molecule has 0 saturated carbocycles. The third-order valence-electron chi connectivity index (χ3n) is 2.48. The lowest BCUT2D eigenvalue weighted by molar-refractivity contribution is 0.333. The van der Waals surface area contributed by atoms with E-state index in [4.69, 9.17) is 16.3 Å². The van der Waals surface area contributed by atoms with Crippen molar-refractivity contribution in [1.29, 1.82) is 0 Å². The van der Waals surface area contributed by atoms with Gasteiger partial charge in [0.15, 0.2) is 0 Å². The highest BCUT2D eigenvalue weighted by molar-refractivity contribution is 6.33. The zero-order chi connectivity index (χ0) is 12.8. The van der Waals surface area contributed by atoms with Crippen LogP contribution in [0, 0.1) is 6.92 Å². The molecule has 0 atom stereocenters. The van der Waals surface area contributed by atoms with Crippen LogP contribution in [-0.2, 0) is 0 Å². The van der Waals surface area contributed by atoms with E-state index in [0.29, 0.717) is 18.2 Å². The fourth-order valence-corrected chi connectivity index (χ4v) is 1.69. The average molecular weight is 263 g/mol. The van der Waals surface area contributed by atoms with Crippen molar-refractivity contribution in [2.45, 2.75) is 6.92 Å². The molecule has 2 aromatic rings. The molecule has 4 heteroatoms. The predicted molar refractivity (Wildman–Crippen MR) is 74.4 cm³/mol. The van der Waals surface area contributed by atoms with E-state index in [1.165, 1.54) is 5.56 Å². The Morgan fingerprint density at radius 3 is 2.72 bits per heavy atom. The molecule has 0 saturated heterocycles. The SMILES string of the molecule is Cc1ccc(OCCNc2ccncc2Cl)cc1. The summed E-state index contributed by atoms with van der Waals surface area (Å²) in [5.41, 5.74) is 2.10. The molecule has 0 aliphatic carbocycles. The molecule has 1 heterocycles. The van der Waals surface area contributed by atoms with Crippen molar-refractivity contribution in [2.75, 3.05) is 18.5 Å². The van der Waals surface area contributed by atoms with Crippen LogP contribution < -0.4 is 10.1 Å². The number of halogens is 1. The molecule has 1 aromatic heterocycles. The van der Waals surface area contributed by atoms with Crippen LogP contribution in [0.2, 0.25) is 5.02 Å². The smallest absolute Gasteiger partial charge is 0.119 e. The van der Waals surface area contributed by atoms with Crippen molar-refractivity contribution >= 4 is 17.3 Å². The Labute approximate surface area is 112 Å². The predicted octanol–water partition coefficient (Wildman–Crippen LogP) is 3.53. The normalized spacial score (nSPS) is 10.1. The summed E-state index contributed by atoms with van der Waals surface area (Å²) in [5, 5.41) is 3.82. The molecule has 0 bridgehead atoms. The van der Waals surface area contributed by atoms with Gasteiger partial charge in [0.25, 0.3) is 0 Å². The molecule has 0 radical (unpaired) electrons. The summed E-state index contributed by atoms with van der Waals surface area (Å²) in [6.07, 6.45) is 3.32. The second-order valence-corrected chi connectivity index (χ2v) is 4.35. The summed E-state index contributed by atoms with van der Waals surface area (Å²) < 4.78 is 5.60. The van der Waals surface area contributed by atoms with Crippen molar-refractivity contribution in [1.82, 2.24) is 4.98 Å². The summed E-state index contributed by atoms with van der Waals surface area (Å²) in [6.45, 7) is 3.33. The van der Waals surface area contributed by atoms with Gasteiger partial charge in [-0.05, 0) is 25.1 Å². The molecule has 1 aromatic carbocycles. The Bertz CT molecular complexity index is 499. The maximum absolute atomic E-state index is 5.97. The number of anilines is 1. The molecule has 94 valence electrons. The molecule has 0 amide bonds. The van der Waals surface area contributed by atoms with Gasteiger partial charge >= 0.3 is 0 Å². The van der Waals surface area contributed by atoms with Crippen molar-refractivity contribution in [3.63, 3.8) is 0 Å². The largest absolute Gasteiger partial charge is 0.492 e. The molecular weight excluding hydrogens is 248 g/mol. The Morgan fingerprint density at radius 1 is 1.22 bits per heavy atom. The van der Waals surface area contributed by atoms with Crippen LogP contribution in [0.25, 0.3) is 0 Å². The molecule has 2 rings (SSSR count). The third kappa shape index (κ3) is 3.64. The molecule has 3 nitrogen and oxygen atoms in total. The van der Waals surface area contributed by atoms with Crippen molar-refractivity contribution in [2.24, 2.45) is 0 Å². The first kappa shape index (κ1) is 12.7. The summed E-state index contributed by atoms with van der Waals surface area (Å²) in [5.74, 6) is 0.878. The Hall–Kier alpha value is -1.74. The first-order valence-electron chi connectivity index (χ1n) is 5.78. The number of rotatable bonds is 5. The Kier molecular flexibility index (Phi) is 4.42. The van der Waals surface area contributed by atoms with Gasteiger partial charge in [-0.2, -0.15) is 0 Å². The van der Waals surface area contributed by atoms with E-state index in [2.05, 4.69) is 17.2 Å². The van der Waals surface area contributed by atoms with Gasteiger partial charge in [-0.3, -0.25) is 4.98 Å². The summed E-state index contributed by atoms with van der Waals surface area (Å²) >= 11 is 5.97. The van der Waals surface area contributed by atoms with Gasteiger partial charge in [-0.1, -0.05) is 29.3 Å². The molecule has 0 aliphatic heterocycles. The van der Waals surface area contributed by atoms with Crippen LogP contribution in [0.5, 0.6) is 5.75 Å². The maximum Gasteiger partial charge on any atom is 0.119 e. The fraction of sp³-hybridized carbons (Fsp3) is 0.214. The van der Waals surface area contributed by atoms with Gasteiger partial charge in [0.2, 0.25) is 0 Å². The van der Waals surface area contributed by atoms with Crippen molar-refractivity contribution in [3.05, 3.63) is 53.3 Å². The molecule has 0 spiro atoms. The number of aryl methyl sites for hydroxylation is 1. The van der Waals surface area contributed by atoms with E-state index >= 15 is 0 Å². The number of hydrogen-bond donors (Lipinski definition) is 1. The van der Waals surface area contributed by atoms with E-state index in [1.54, 1.807) is 12.4 Å². The van der Waals surface area contributed by atoms with Gasteiger partial charge in [0.05, 0.1) is 10.7 Å². The fourth-order valence-electron chi connectivity index (χ4n) is 1.51. The molecule has 1 N–H and O–H groups in total. The van der Waals surface area contributed by atoms with Crippen molar-refractivity contribution < 1.29 is 4.74 Å². The molecule has 18 heavy (non-hydrogen) atoms. The minimum atomic E-state index is 0.585. The molecule has 0 aliphatic rings. The lowest BCUT2D eigenvalue weighted by Gasteiger charge is -2.09. The van der Waals surface area contributed by atoms with Gasteiger partial charge in [-0.25, -0.2) is 0 Å². The highest BCUT2D eigenvalue weighted by atomic mass is 35.5. The summed E-state index contributed by atoms with van der Waals surface area (Å²) in [6, 6.07) is 9.84. The maximum atomic E-state index is 5.97. The zero-order valence-electron chi connectivity index (χ0n) is 10.2. The van der Waals surface area contributed by atoms with Crippen LogP contribution in [-0.4, -0.2) is 18.1 Å². The second kappa shape index (κ2) is 6.26. The number of benzene rings is 1. The number of pyridine rings is 1. The quantitative estimate of drug-likeness (QED) is 0.837. The van der Waals surface area contributed by atoms with E-state index in [9.17, 15) is 0 Å². The van der Waals surface area contributed by atoms with E-state index in [0.717, 1.165) is 11.4 Å². The van der Waals surface area contributed by atoms with Gasteiger partial charge in [-0.15, -0.1) is 0 Å². The number of hydrogen-bond acceptors (Lipinski definition) is 3. The highest BCUT2D eigenvalue weighted by Gasteiger charge is 1.98. The number of ether oxygens (including phenoxy) is 1. The van der Waals surface area contributed by atoms with E-state index in [-0.39, 0.29) is 0 Å². The second-order valence-electron chi connectivity index (χ2n) is 3.94. The van der Waals surface area contributed by atoms with Gasteiger partial charge in [0.1, 0.15) is 12.4 Å².